The first-order valence-electron chi connectivity index (χ1n) is 26.9. The largest absolute Gasteiger partial charge is 0.243 e. The molecule has 0 spiro atoms. The molecule has 59 heavy (non-hydrogen) atoms. The Bertz CT molecular complexity index is 1180. The van der Waals surface area contributed by atoms with E-state index in [9.17, 15) is 0 Å². The zero-order valence-corrected chi connectivity index (χ0v) is 41.4. The number of nitrogens with zero attached hydrogens (tertiary/aromatic N) is 4. The highest BCUT2D eigenvalue weighted by atomic mass is 15.1. The molecule has 0 N–H and O–H groups in total. The van der Waals surface area contributed by atoms with E-state index in [4.69, 9.17) is 0 Å². The number of rotatable bonds is 43. The van der Waals surface area contributed by atoms with Gasteiger partial charge in [0.2, 0.25) is 12.7 Å². The van der Waals surface area contributed by atoms with Crippen LogP contribution in [-0.4, -0.2) is 9.13 Å². The van der Waals surface area contributed by atoms with E-state index in [1.165, 1.54) is 238 Å². The summed E-state index contributed by atoms with van der Waals surface area (Å²) >= 11 is 0. The van der Waals surface area contributed by atoms with Gasteiger partial charge >= 0.3 is 0 Å². The predicted molar refractivity (Wildman–Crippen MR) is 259 cm³/mol. The van der Waals surface area contributed by atoms with Gasteiger partial charge in [0.25, 0.3) is 0 Å². The third kappa shape index (κ3) is 27.9. The Morgan fingerprint density at radius 2 is 1.02 bits per heavy atom. The lowest BCUT2D eigenvalue weighted by atomic mass is 9.75. The van der Waals surface area contributed by atoms with Gasteiger partial charge in [-0.15, -0.1) is 0 Å². The minimum Gasteiger partial charge on any atom is -0.240 e. The van der Waals surface area contributed by atoms with Crippen LogP contribution >= 0.6 is 0 Å². The number of hydrogen-bond acceptors (Lipinski definition) is 0. The van der Waals surface area contributed by atoms with Crippen LogP contribution in [0.5, 0.6) is 0 Å². The number of aryl methyl sites for hydroxylation is 3. The summed E-state index contributed by atoms with van der Waals surface area (Å²) in [5.41, 5.74) is 0.508. The second-order valence-corrected chi connectivity index (χ2v) is 20.4. The molecule has 0 saturated carbocycles. The van der Waals surface area contributed by atoms with Gasteiger partial charge in [-0.05, 0) is 75.0 Å². The van der Waals surface area contributed by atoms with Crippen molar-refractivity contribution in [3.63, 3.8) is 0 Å². The van der Waals surface area contributed by atoms with Gasteiger partial charge in [0.05, 0.1) is 20.1 Å². The van der Waals surface area contributed by atoms with Gasteiger partial charge in [-0.25, -0.2) is 18.3 Å². The second kappa shape index (κ2) is 36.0. The van der Waals surface area contributed by atoms with Crippen molar-refractivity contribution >= 4 is 0 Å². The zero-order valence-electron chi connectivity index (χ0n) is 41.4. The summed E-state index contributed by atoms with van der Waals surface area (Å²) in [7, 11) is 2.19. The molecule has 0 aliphatic rings. The summed E-state index contributed by atoms with van der Waals surface area (Å²) in [6.45, 7) is 16.9. The molecule has 0 aromatic carbocycles. The average molecular weight is 823 g/mol. The van der Waals surface area contributed by atoms with E-state index in [1.807, 2.05) is 0 Å². The molecule has 0 aliphatic carbocycles. The van der Waals surface area contributed by atoms with Crippen molar-refractivity contribution in [1.82, 2.24) is 9.13 Å². The topological polar surface area (TPSA) is 17.6 Å². The van der Waals surface area contributed by atoms with E-state index in [0.29, 0.717) is 11.5 Å². The molecule has 2 aromatic heterocycles. The summed E-state index contributed by atoms with van der Waals surface area (Å²) in [5, 5.41) is 0. The maximum Gasteiger partial charge on any atom is 0.243 e. The van der Waals surface area contributed by atoms with Crippen molar-refractivity contribution in [1.29, 1.82) is 0 Å². The van der Waals surface area contributed by atoms with Crippen LogP contribution in [-0.2, 0) is 20.1 Å². The van der Waals surface area contributed by atoms with Gasteiger partial charge in [0.1, 0.15) is 30.8 Å². The van der Waals surface area contributed by atoms with Gasteiger partial charge in [0.15, 0.2) is 0 Å². The summed E-state index contributed by atoms with van der Waals surface area (Å²) in [5.74, 6) is 1.90. The Labute approximate surface area is 370 Å². The number of imidazole rings is 2. The first-order chi connectivity index (χ1) is 28.8. The van der Waals surface area contributed by atoms with Gasteiger partial charge in [-0.2, -0.15) is 0 Å². The van der Waals surface area contributed by atoms with Gasteiger partial charge in [-0.1, -0.05) is 215 Å². The van der Waals surface area contributed by atoms with E-state index < -0.39 is 0 Å². The molecule has 0 saturated heterocycles. The molecule has 4 atom stereocenters. The monoisotopic (exact) mass is 823 g/mol. The van der Waals surface area contributed by atoms with Crippen LogP contribution in [0.1, 0.15) is 279 Å². The van der Waals surface area contributed by atoms with E-state index in [1.54, 1.807) is 0 Å². The first kappa shape index (κ1) is 53.6. The number of hydrogen-bond donors (Lipinski definition) is 0. The molecular weight excluding hydrogens is 717 g/mol. The zero-order chi connectivity index (χ0) is 42.7. The molecular formula is C55H106N4+2. The lowest BCUT2D eigenvalue weighted by molar-refractivity contribution is -0.696. The van der Waals surface area contributed by atoms with Crippen LogP contribution in [0.2, 0.25) is 0 Å². The normalized spacial score (nSPS) is 14.5. The van der Waals surface area contributed by atoms with Crippen molar-refractivity contribution in [3.05, 3.63) is 37.4 Å². The summed E-state index contributed by atoms with van der Waals surface area (Å²) in [4.78, 5) is 0. The summed E-state index contributed by atoms with van der Waals surface area (Å²) in [6.07, 6.45) is 64.6. The quantitative estimate of drug-likeness (QED) is 0.0468. The molecule has 2 rings (SSSR count). The Hall–Kier alpha value is -1.58. The maximum absolute atomic E-state index is 2.65. The van der Waals surface area contributed by atoms with Crippen LogP contribution in [0.3, 0.4) is 0 Å². The highest BCUT2D eigenvalue weighted by Crippen LogP contribution is 2.38. The Kier molecular flexibility index (Phi) is 32.6. The first-order valence-corrected chi connectivity index (χ1v) is 26.9. The minimum atomic E-state index is 0.508. The van der Waals surface area contributed by atoms with Crippen LogP contribution < -0.4 is 9.13 Å². The van der Waals surface area contributed by atoms with Gasteiger partial charge < -0.3 is 0 Å². The van der Waals surface area contributed by atoms with Crippen molar-refractivity contribution in [2.75, 3.05) is 0 Å². The Morgan fingerprint density at radius 3 is 1.59 bits per heavy atom. The van der Waals surface area contributed by atoms with Crippen molar-refractivity contribution in [2.45, 2.75) is 292 Å². The molecule has 344 valence electrons. The van der Waals surface area contributed by atoms with E-state index in [0.717, 1.165) is 18.4 Å². The summed E-state index contributed by atoms with van der Waals surface area (Å²) < 4.78 is 9.54. The van der Waals surface area contributed by atoms with Crippen LogP contribution in [0.15, 0.2) is 37.4 Å². The lowest BCUT2D eigenvalue weighted by Crippen LogP contribution is -2.30. The fourth-order valence-electron chi connectivity index (χ4n) is 9.97. The average Bonchev–Trinajstić information content (AvgIpc) is 3.89. The molecule has 4 heteroatoms. The third-order valence-corrected chi connectivity index (χ3v) is 14.5. The molecule has 2 heterocycles. The van der Waals surface area contributed by atoms with E-state index >= 15 is 0 Å². The second-order valence-electron chi connectivity index (χ2n) is 20.4. The van der Waals surface area contributed by atoms with Crippen molar-refractivity contribution in [2.24, 2.45) is 24.3 Å². The molecule has 0 aliphatic heterocycles. The van der Waals surface area contributed by atoms with E-state index in [-0.39, 0.29) is 0 Å². The minimum absolute atomic E-state index is 0.508. The van der Waals surface area contributed by atoms with Crippen molar-refractivity contribution in [3.8, 4) is 0 Å². The third-order valence-electron chi connectivity index (χ3n) is 14.5. The molecule has 0 radical (unpaired) electrons. The molecule has 4 unspecified atom stereocenters. The predicted octanol–water partition coefficient (Wildman–Crippen LogP) is 17.0. The van der Waals surface area contributed by atoms with E-state index in [2.05, 4.69) is 104 Å². The van der Waals surface area contributed by atoms with Gasteiger partial charge in [-0.3, -0.25) is 0 Å². The fraction of sp³-hybridized carbons (Fsp3) is 0.891. The summed E-state index contributed by atoms with van der Waals surface area (Å²) in [6, 6.07) is 0.655. The molecule has 2 aromatic rings. The van der Waals surface area contributed by atoms with Gasteiger partial charge in [0, 0.05) is 0 Å². The Morgan fingerprint density at radius 1 is 0.492 bits per heavy atom. The maximum atomic E-state index is 2.65. The highest BCUT2D eigenvalue weighted by molar-refractivity contribution is 4.81. The van der Waals surface area contributed by atoms with Crippen LogP contribution in [0, 0.1) is 17.3 Å². The molecule has 0 amide bonds. The Balaban J connectivity index is 1.58. The van der Waals surface area contributed by atoms with Crippen LogP contribution in [0.4, 0.5) is 0 Å². The fourth-order valence-corrected chi connectivity index (χ4v) is 9.97. The lowest BCUT2D eigenvalue weighted by Gasteiger charge is -2.31. The molecule has 0 fully saturated rings. The molecule has 0 bridgehead atoms. The number of aromatic nitrogens is 4. The van der Waals surface area contributed by atoms with Crippen LogP contribution in [0.25, 0.3) is 0 Å². The van der Waals surface area contributed by atoms with Crippen molar-refractivity contribution < 1.29 is 9.13 Å². The standard InChI is InChI=1S/C55H106N4/c1-8-12-35-52(5)36-29-23-19-17-15-16-18-20-27-33-42-55(6,41-13-9-2)43-40-54(59-49-46-56(7)50-59)39-32-26-21-24-30-37-53(11-4)38-31-25-22-28-34-45-58-48-47-57(51-58)44-14-10-3/h46-54H,8-45H2,1-7H3/q+2. The number of unbranched alkanes of at least 4 members (excludes halogenated alkanes) is 20. The highest BCUT2D eigenvalue weighted by Gasteiger charge is 2.27. The smallest absolute Gasteiger partial charge is 0.240 e. The molecule has 4 nitrogen and oxygen atoms in total. The SMILES string of the molecule is CCCCC(C)CCCCCCCCCCCCC(C)(CCCC)CCC(CCCCCCCC(CC)CCCCCCC[n+]1ccn(CCCC)c1)n1cc[n+](C)c1.